The van der Waals surface area contributed by atoms with Crippen LogP contribution in [0.4, 0.5) is 10.5 Å². The number of nitrogens with one attached hydrogen (secondary N) is 1. The topological polar surface area (TPSA) is 95.5 Å². The summed E-state index contributed by atoms with van der Waals surface area (Å²) in [6.07, 6.45) is 2.44. The highest BCUT2D eigenvalue weighted by atomic mass is 16.6. The maximum absolute atomic E-state index is 11.4. The van der Waals surface area contributed by atoms with E-state index in [-0.39, 0.29) is 13.0 Å². The Bertz CT molecular complexity index is 375. The van der Waals surface area contributed by atoms with Crippen molar-refractivity contribution in [2.45, 2.75) is 12.5 Å². The molecule has 1 aliphatic heterocycles. The van der Waals surface area contributed by atoms with Gasteiger partial charge in [0.15, 0.2) is 0 Å². The maximum atomic E-state index is 11.4. The van der Waals surface area contributed by atoms with Crippen LogP contribution in [-0.4, -0.2) is 40.0 Å². The lowest BCUT2D eigenvalue weighted by molar-refractivity contribution is -0.139. The van der Waals surface area contributed by atoms with E-state index >= 15 is 0 Å². The zero-order valence-corrected chi connectivity index (χ0v) is 7.71. The number of H-pyrrole nitrogens is 1. The maximum Gasteiger partial charge on any atom is 0.415 e. The molecule has 1 amide bonds. The molecule has 0 aliphatic carbocycles. The highest BCUT2D eigenvalue weighted by Crippen LogP contribution is 2.21. The first-order valence-corrected chi connectivity index (χ1v) is 4.37. The van der Waals surface area contributed by atoms with E-state index in [2.05, 4.69) is 10.2 Å². The summed E-state index contributed by atoms with van der Waals surface area (Å²) in [6, 6.07) is -0.885. The van der Waals surface area contributed by atoms with Crippen molar-refractivity contribution in [3.05, 3.63) is 12.4 Å². The van der Waals surface area contributed by atoms with Gasteiger partial charge in [-0.15, -0.1) is 0 Å². The van der Waals surface area contributed by atoms with Gasteiger partial charge in [-0.1, -0.05) is 0 Å². The van der Waals surface area contributed by atoms with Crippen molar-refractivity contribution in [2.75, 3.05) is 11.5 Å². The number of carboxylic acid groups (broad SMARTS) is 1. The van der Waals surface area contributed by atoms with Gasteiger partial charge >= 0.3 is 12.1 Å². The number of cyclic esters (lactones) is 1. The summed E-state index contributed by atoms with van der Waals surface area (Å²) in [5.41, 5.74) is 0.395. The zero-order chi connectivity index (χ0) is 10.8. The molecular weight excluding hydrogens is 202 g/mol. The van der Waals surface area contributed by atoms with Crippen molar-refractivity contribution in [1.29, 1.82) is 0 Å². The SMILES string of the molecule is O=C(O)C1CCOC(=O)N1c1cn[nH]c1. The first-order valence-electron chi connectivity index (χ1n) is 4.37. The first kappa shape index (κ1) is 9.50. The summed E-state index contributed by atoms with van der Waals surface area (Å²) < 4.78 is 4.78. The van der Waals surface area contributed by atoms with Gasteiger partial charge in [-0.2, -0.15) is 5.10 Å². The number of nitrogens with zero attached hydrogens (tertiary/aromatic N) is 2. The summed E-state index contributed by atoms with van der Waals surface area (Å²) in [5, 5.41) is 15.1. The largest absolute Gasteiger partial charge is 0.480 e. The van der Waals surface area contributed by atoms with E-state index in [1.165, 1.54) is 12.4 Å². The molecular formula is C8H9N3O4. The quantitative estimate of drug-likeness (QED) is 0.729. The second kappa shape index (κ2) is 3.60. The Morgan fingerprint density at radius 3 is 3.13 bits per heavy atom. The molecule has 0 bridgehead atoms. The van der Waals surface area contributed by atoms with Crippen LogP contribution >= 0.6 is 0 Å². The number of carbonyl (C=O) groups excluding carboxylic acids is 1. The standard InChI is InChI=1S/C8H9N3O4/c12-7(13)6-1-2-15-8(14)11(6)5-3-9-10-4-5/h3-4,6H,1-2H2,(H,9,10)(H,12,13). The van der Waals surface area contributed by atoms with Crippen LogP contribution in [0.25, 0.3) is 0 Å². The van der Waals surface area contributed by atoms with Crippen molar-refractivity contribution in [3.8, 4) is 0 Å². The van der Waals surface area contributed by atoms with E-state index < -0.39 is 18.1 Å². The van der Waals surface area contributed by atoms with Gasteiger partial charge in [-0.25, -0.2) is 9.59 Å². The van der Waals surface area contributed by atoms with Crippen LogP contribution in [0.1, 0.15) is 6.42 Å². The van der Waals surface area contributed by atoms with E-state index in [4.69, 9.17) is 9.84 Å². The predicted octanol–water partition coefficient (Wildman–Crippen LogP) is 0.210. The van der Waals surface area contributed by atoms with E-state index in [0.717, 1.165) is 4.90 Å². The van der Waals surface area contributed by atoms with E-state index in [0.29, 0.717) is 5.69 Å². The fourth-order valence-corrected chi connectivity index (χ4v) is 1.48. The van der Waals surface area contributed by atoms with Crippen LogP contribution in [0.3, 0.4) is 0 Å². The third-order valence-electron chi connectivity index (χ3n) is 2.17. The number of carboxylic acids is 1. The first-order chi connectivity index (χ1) is 7.20. The Morgan fingerprint density at radius 2 is 2.53 bits per heavy atom. The summed E-state index contributed by atoms with van der Waals surface area (Å²) in [6.45, 7) is 0.129. The third-order valence-corrected chi connectivity index (χ3v) is 2.17. The zero-order valence-electron chi connectivity index (χ0n) is 7.71. The summed E-state index contributed by atoms with van der Waals surface area (Å²) in [7, 11) is 0. The molecule has 1 atom stereocenters. The summed E-state index contributed by atoms with van der Waals surface area (Å²) in [5.74, 6) is -1.05. The number of amides is 1. The molecule has 1 aromatic rings. The lowest BCUT2D eigenvalue weighted by Gasteiger charge is -2.30. The molecule has 2 rings (SSSR count). The molecule has 0 saturated carbocycles. The molecule has 7 nitrogen and oxygen atoms in total. The third kappa shape index (κ3) is 1.63. The lowest BCUT2D eigenvalue weighted by atomic mass is 10.1. The molecule has 80 valence electrons. The monoisotopic (exact) mass is 211 g/mol. The number of aromatic nitrogens is 2. The van der Waals surface area contributed by atoms with Crippen LogP contribution < -0.4 is 4.90 Å². The van der Waals surface area contributed by atoms with Crippen LogP contribution in [0.15, 0.2) is 12.4 Å². The van der Waals surface area contributed by atoms with Gasteiger partial charge in [0.1, 0.15) is 6.04 Å². The molecule has 1 aliphatic rings. The molecule has 2 N–H and O–H groups in total. The van der Waals surface area contributed by atoms with Crippen LogP contribution in [0, 0.1) is 0 Å². The average Bonchev–Trinajstić information content (AvgIpc) is 2.70. The molecule has 7 heteroatoms. The molecule has 0 aromatic carbocycles. The van der Waals surface area contributed by atoms with Gasteiger partial charge in [0.25, 0.3) is 0 Å². The average molecular weight is 211 g/mol. The molecule has 0 radical (unpaired) electrons. The van der Waals surface area contributed by atoms with Gasteiger partial charge in [-0.3, -0.25) is 10.00 Å². The van der Waals surface area contributed by atoms with Crippen LogP contribution in [-0.2, 0) is 9.53 Å². The number of hydrogen-bond donors (Lipinski definition) is 2. The minimum atomic E-state index is -1.05. The predicted molar refractivity (Wildman–Crippen MR) is 48.5 cm³/mol. The van der Waals surface area contributed by atoms with E-state index in [9.17, 15) is 9.59 Å². The number of anilines is 1. The minimum Gasteiger partial charge on any atom is -0.480 e. The molecule has 1 aromatic heterocycles. The van der Waals surface area contributed by atoms with E-state index in [1.54, 1.807) is 0 Å². The van der Waals surface area contributed by atoms with Gasteiger partial charge < -0.3 is 9.84 Å². The Kier molecular flexibility index (Phi) is 2.28. The highest BCUT2D eigenvalue weighted by Gasteiger charge is 2.36. The Balaban J connectivity index is 2.31. The Morgan fingerprint density at radius 1 is 1.73 bits per heavy atom. The summed E-state index contributed by atoms with van der Waals surface area (Å²) >= 11 is 0. The number of aliphatic carboxylic acids is 1. The number of rotatable bonds is 2. The fourth-order valence-electron chi connectivity index (χ4n) is 1.48. The number of hydrogen-bond acceptors (Lipinski definition) is 4. The normalized spacial score (nSPS) is 21.2. The molecule has 1 unspecified atom stereocenters. The van der Waals surface area contributed by atoms with Gasteiger partial charge in [0.05, 0.1) is 18.5 Å². The smallest absolute Gasteiger partial charge is 0.415 e. The van der Waals surface area contributed by atoms with Crippen molar-refractivity contribution in [2.24, 2.45) is 0 Å². The molecule has 1 fully saturated rings. The van der Waals surface area contributed by atoms with Crippen LogP contribution in [0.2, 0.25) is 0 Å². The number of ether oxygens (including phenoxy) is 1. The Labute approximate surface area is 84.6 Å². The second-order valence-corrected chi connectivity index (χ2v) is 3.08. The van der Waals surface area contributed by atoms with Crippen molar-refractivity contribution in [1.82, 2.24) is 10.2 Å². The molecule has 0 spiro atoms. The fraction of sp³-hybridized carbons (Fsp3) is 0.375. The van der Waals surface area contributed by atoms with E-state index in [1.807, 2.05) is 0 Å². The van der Waals surface area contributed by atoms with Crippen molar-refractivity contribution >= 4 is 17.7 Å². The lowest BCUT2D eigenvalue weighted by Crippen LogP contribution is -2.49. The van der Waals surface area contributed by atoms with Gasteiger partial charge in [-0.05, 0) is 0 Å². The minimum absolute atomic E-state index is 0.129. The second-order valence-electron chi connectivity index (χ2n) is 3.08. The summed E-state index contributed by atoms with van der Waals surface area (Å²) in [4.78, 5) is 23.4. The molecule has 2 heterocycles. The highest BCUT2D eigenvalue weighted by molar-refractivity contribution is 5.95. The number of carbonyl (C=O) groups is 2. The van der Waals surface area contributed by atoms with Crippen molar-refractivity contribution in [3.63, 3.8) is 0 Å². The Hall–Kier alpha value is -2.05. The van der Waals surface area contributed by atoms with Crippen LogP contribution in [0.5, 0.6) is 0 Å². The number of aromatic amines is 1. The van der Waals surface area contributed by atoms with Gasteiger partial charge in [0.2, 0.25) is 0 Å². The van der Waals surface area contributed by atoms with Gasteiger partial charge in [0, 0.05) is 12.6 Å². The van der Waals surface area contributed by atoms with Crippen molar-refractivity contribution < 1.29 is 19.4 Å². The molecule has 1 saturated heterocycles. The molecule has 15 heavy (non-hydrogen) atoms.